The van der Waals surface area contributed by atoms with Crippen LogP contribution in [0.2, 0.25) is 10.0 Å². The summed E-state index contributed by atoms with van der Waals surface area (Å²) in [6, 6.07) is 3.82. The number of amides is 1. The van der Waals surface area contributed by atoms with E-state index < -0.39 is 27.8 Å². The second-order valence-electron chi connectivity index (χ2n) is 8.60. The van der Waals surface area contributed by atoms with Gasteiger partial charge in [0.05, 0.1) is 15.8 Å². The van der Waals surface area contributed by atoms with Crippen molar-refractivity contribution in [3.63, 3.8) is 0 Å². The molecule has 0 aromatic heterocycles. The van der Waals surface area contributed by atoms with Crippen molar-refractivity contribution < 1.29 is 22.8 Å². The standard InChI is InChI=1S/C22H34Cl2N4O5S/c1-6-28(7-2)12-9-13-34(30,31)27-20-19(18-16(23)10-8-11-17(18)24)26-33-22(20,5)14-32-21(29)25-15(3)4/h8,10-11,15,20,27H,6-7,9,12-14H2,1-5H3,(H,25,29). The molecule has 1 amide bonds. The number of halogens is 2. The third-order valence-electron chi connectivity index (χ3n) is 5.43. The van der Waals surface area contributed by atoms with Crippen LogP contribution in [0.3, 0.4) is 0 Å². The molecule has 0 spiro atoms. The Morgan fingerprint density at radius 2 is 1.88 bits per heavy atom. The van der Waals surface area contributed by atoms with Gasteiger partial charge in [-0.05, 0) is 59.0 Å². The lowest BCUT2D eigenvalue weighted by Crippen LogP contribution is -2.56. The lowest BCUT2D eigenvalue weighted by atomic mass is 9.91. The SMILES string of the molecule is CCN(CC)CCCS(=O)(=O)NC1C(c2c(Cl)cccc2Cl)=NOC1(C)COC(=O)NC(C)C. The van der Waals surface area contributed by atoms with Crippen molar-refractivity contribution in [2.75, 3.05) is 32.0 Å². The molecule has 0 aliphatic carbocycles. The maximum Gasteiger partial charge on any atom is 0.407 e. The number of nitrogens with zero attached hydrogens (tertiary/aromatic N) is 2. The van der Waals surface area contributed by atoms with E-state index in [2.05, 4.69) is 20.1 Å². The molecule has 0 saturated carbocycles. The lowest BCUT2D eigenvalue weighted by Gasteiger charge is -2.30. The number of hydrogen-bond donors (Lipinski definition) is 2. The zero-order valence-electron chi connectivity index (χ0n) is 20.2. The van der Waals surface area contributed by atoms with Gasteiger partial charge in [-0.2, -0.15) is 0 Å². The molecular weight excluding hydrogens is 503 g/mol. The minimum atomic E-state index is -3.75. The number of nitrogens with one attached hydrogen (secondary N) is 2. The largest absolute Gasteiger partial charge is 0.445 e. The van der Waals surface area contributed by atoms with Crippen molar-refractivity contribution in [1.82, 2.24) is 14.9 Å². The van der Waals surface area contributed by atoms with Gasteiger partial charge in [-0.25, -0.2) is 17.9 Å². The molecule has 0 bridgehead atoms. The molecule has 1 heterocycles. The summed E-state index contributed by atoms with van der Waals surface area (Å²) in [4.78, 5) is 19.8. The first-order valence-electron chi connectivity index (χ1n) is 11.3. The van der Waals surface area contributed by atoms with Gasteiger partial charge in [0.25, 0.3) is 0 Å². The molecule has 1 aromatic carbocycles. The first kappa shape index (κ1) is 28.6. The van der Waals surface area contributed by atoms with Gasteiger partial charge in [0, 0.05) is 11.6 Å². The van der Waals surface area contributed by atoms with Crippen LogP contribution in [0.1, 0.15) is 46.6 Å². The van der Waals surface area contributed by atoms with Crippen LogP contribution in [0.15, 0.2) is 23.4 Å². The second kappa shape index (κ2) is 12.4. The Morgan fingerprint density at radius 3 is 2.44 bits per heavy atom. The highest BCUT2D eigenvalue weighted by Crippen LogP contribution is 2.34. The molecule has 9 nitrogen and oxygen atoms in total. The van der Waals surface area contributed by atoms with Crippen molar-refractivity contribution in [3.05, 3.63) is 33.8 Å². The summed E-state index contributed by atoms with van der Waals surface area (Å²) in [5.74, 6) is -0.0890. The number of oxime groups is 1. The summed E-state index contributed by atoms with van der Waals surface area (Å²) in [6.45, 7) is 11.4. The van der Waals surface area contributed by atoms with Crippen molar-refractivity contribution in [1.29, 1.82) is 0 Å². The summed E-state index contributed by atoms with van der Waals surface area (Å²) in [5, 5.41) is 7.33. The fraction of sp³-hybridized carbons (Fsp3) is 0.636. The van der Waals surface area contributed by atoms with Gasteiger partial charge < -0.3 is 19.8 Å². The maximum absolute atomic E-state index is 13.0. The monoisotopic (exact) mass is 536 g/mol. The van der Waals surface area contributed by atoms with Crippen LogP contribution >= 0.6 is 23.2 Å². The molecule has 12 heteroatoms. The van der Waals surface area contributed by atoms with Crippen LogP contribution in [0, 0.1) is 0 Å². The molecule has 2 unspecified atom stereocenters. The van der Waals surface area contributed by atoms with E-state index in [4.69, 9.17) is 32.8 Å². The van der Waals surface area contributed by atoms with Crippen LogP contribution in [0.4, 0.5) is 4.79 Å². The van der Waals surface area contributed by atoms with E-state index in [1.54, 1.807) is 39.0 Å². The Morgan fingerprint density at radius 1 is 1.26 bits per heavy atom. The predicted molar refractivity (Wildman–Crippen MR) is 135 cm³/mol. The van der Waals surface area contributed by atoms with E-state index in [0.29, 0.717) is 28.6 Å². The van der Waals surface area contributed by atoms with Gasteiger partial charge in [0.15, 0.2) is 5.60 Å². The molecule has 0 fully saturated rings. The van der Waals surface area contributed by atoms with E-state index in [1.807, 2.05) is 13.8 Å². The van der Waals surface area contributed by atoms with Gasteiger partial charge >= 0.3 is 6.09 Å². The van der Waals surface area contributed by atoms with Crippen LogP contribution in [-0.4, -0.2) is 74.8 Å². The number of benzene rings is 1. The first-order chi connectivity index (χ1) is 15.9. The summed E-state index contributed by atoms with van der Waals surface area (Å²) in [7, 11) is -3.75. The fourth-order valence-corrected chi connectivity index (χ4v) is 5.45. The number of rotatable bonds is 12. The molecule has 0 radical (unpaired) electrons. The second-order valence-corrected chi connectivity index (χ2v) is 11.3. The van der Waals surface area contributed by atoms with E-state index in [-0.39, 0.29) is 24.1 Å². The zero-order chi connectivity index (χ0) is 25.5. The van der Waals surface area contributed by atoms with E-state index in [1.165, 1.54) is 0 Å². The average Bonchev–Trinajstić information content (AvgIpc) is 3.05. The summed E-state index contributed by atoms with van der Waals surface area (Å²) in [6.07, 6.45) is -0.196. The van der Waals surface area contributed by atoms with Crippen LogP contribution in [0.5, 0.6) is 0 Å². The van der Waals surface area contributed by atoms with Crippen LogP contribution in [0.25, 0.3) is 0 Å². The smallest absolute Gasteiger partial charge is 0.407 e. The Kier molecular flexibility index (Phi) is 10.4. The average molecular weight is 538 g/mol. The van der Waals surface area contributed by atoms with Crippen LogP contribution in [-0.2, 0) is 19.6 Å². The van der Waals surface area contributed by atoms with Crippen molar-refractivity contribution >= 4 is 45.0 Å². The number of sulfonamides is 1. The molecular formula is C22H34Cl2N4O5S. The highest BCUT2D eigenvalue weighted by Gasteiger charge is 2.49. The van der Waals surface area contributed by atoms with Crippen LogP contribution < -0.4 is 10.0 Å². The molecule has 2 atom stereocenters. The third kappa shape index (κ3) is 7.71. The molecule has 2 N–H and O–H groups in total. The van der Waals surface area contributed by atoms with Gasteiger partial charge in [-0.15, -0.1) is 0 Å². The Bertz CT molecular complexity index is 965. The van der Waals surface area contributed by atoms with Crippen molar-refractivity contribution in [2.45, 2.75) is 58.7 Å². The number of carbonyl (C=O) groups excluding carboxylic acids is 1. The van der Waals surface area contributed by atoms with Gasteiger partial charge in [-0.1, -0.05) is 48.3 Å². The zero-order valence-corrected chi connectivity index (χ0v) is 22.6. The van der Waals surface area contributed by atoms with E-state index >= 15 is 0 Å². The van der Waals surface area contributed by atoms with E-state index in [0.717, 1.165) is 13.1 Å². The molecule has 2 rings (SSSR count). The molecule has 34 heavy (non-hydrogen) atoms. The fourth-order valence-electron chi connectivity index (χ4n) is 3.51. The normalized spacial score (nSPS) is 20.4. The van der Waals surface area contributed by atoms with Crippen molar-refractivity contribution in [2.24, 2.45) is 5.16 Å². The molecule has 192 valence electrons. The highest BCUT2D eigenvalue weighted by molar-refractivity contribution is 7.89. The number of ether oxygens (including phenoxy) is 1. The van der Waals surface area contributed by atoms with Crippen molar-refractivity contribution in [3.8, 4) is 0 Å². The predicted octanol–water partition coefficient (Wildman–Crippen LogP) is 3.64. The summed E-state index contributed by atoms with van der Waals surface area (Å²) >= 11 is 12.8. The van der Waals surface area contributed by atoms with E-state index in [9.17, 15) is 13.2 Å². The molecule has 1 aliphatic rings. The topological polar surface area (TPSA) is 109 Å². The molecule has 0 saturated heterocycles. The Hall–Kier alpha value is -1.59. The molecule has 1 aliphatic heterocycles. The first-order valence-corrected chi connectivity index (χ1v) is 13.7. The summed E-state index contributed by atoms with van der Waals surface area (Å²) < 4.78 is 34.1. The lowest BCUT2D eigenvalue weighted by molar-refractivity contribution is -0.0571. The Labute approximate surface area is 212 Å². The van der Waals surface area contributed by atoms with Gasteiger partial charge in [-0.3, -0.25) is 0 Å². The highest BCUT2D eigenvalue weighted by atomic mass is 35.5. The minimum Gasteiger partial charge on any atom is -0.445 e. The maximum atomic E-state index is 13.0. The number of carbonyl (C=O) groups is 1. The summed E-state index contributed by atoms with van der Waals surface area (Å²) in [5.41, 5.74) is -0.742. The van der Waals surface area contributed by atoms with Gasteiger partial charge in [0.1, 0.15) is 18.4 Å². The molecule has 1 aromatic rings. The third-order valence-corrected chi connectivity index (χ3v) is 7.48. The Balaban J connectivity index is 2.28. The van der Waals surface area contributed by atoms with Gasteiger partial charge in [0.2, 0.25) is 10.0 Å². The number of hydrogen-bond acceptors (Lipinski definition) is 7. The number of alkyl carbamates (subject to hydrolysis) is 1. The quantitative estimate of drug-likeness (QED) is 0.422. The minimum absolute atomic E-state index is 0.0890.